The smallest absolute Gasteiger partial charge is 0.250 e. The van der Waals surface area contributed by atoms with Gasteiger partial charge in [0.15, 0.2) is 0 Å². The van der Waals surface area contributed by atoms with Crippen molar-refractivity contribution >= 4 is 21.4 Å². The van der Waals surface area contributed by atoms with Gasteiger partial charge in [-0.05, 0) is 31.0 Å². The van der Waals surface area contributed by atoms with Crippen molar-refractivity contribution in [3.05, 3.63) is 52.4 Å². The summed E-state index contributed by atoms with van der Waals surface area (Å²) < 4.78 is 27.2. The molecule has 0 spiro atoms. The summed E-state index contributed by atoms with van der Waals surface area (Å²) in [5, 5.41) is 8.86. The minimum atomic E-state index is -3.45. The van der Waals surface area contributed by atoms with Crippen LogP contribution in [-0.2, 0) is 22.9 Å². The average molecular weight is 325 g/mol. The van der Waals surface area contributed by atoms with Crippen LogP contribution in [-0.4, -0.2) is 26.7 Å². The van der Waals surface area contributed by atoms with Gasteiger partial charge < -0.3 is 5.11 Å². The molecular weight excluding hydrogens is 306 g/mol. The fraction of sp³-hybridized carbons (Fsp3) is 0.333. The van der Waals surface area contributed by atoms with Gasteiger partial charge in [0, 0.05) is 24.4 Å². The van der Waals surface area contributed by atoms with E-state index >= 15 is 0 Å². The molecule has 0 saturated heterocycles. The SMILES string of the molecule is Cc1cccc(CCNS(=O)(=O)c2ccc(CCO)s2)c1. The van der Waals surface area contributed by atoms with Gasteiger partial charge >= 0.3 is 0 Å². The molecule has 0 saturated carbocycles. The van der Waals surface area contributed by atoms with E-state index in [2.05, 4.69) is 10.8 Å². The Morgan fingerprint density at radius 1 is 1.19 bits per heavy atom. The molecule has 0 radical (unpaired) electrons. The lowest BCUT2D eigenvalue weighted by Crippen LogP contribution is -2.25. The maximum Gasteiger partial charge on any atom is 0.250 e. The van der Waals surface area contributed by atoms with E-state index in [1.807, 2.05) is 25.1 Å². The Kier molecular flexibility index (Phi) is 5.52. The van der Waals surface area contributed by atoms with E-state index in [4.69, 9.17) is 5.11 Å². The van der Waals surface area contributed by atoms with Crippen LogP contribution in [0.25, 0.3) is 0 Å². The molecule has 2 N–H and O–H groups in total. The van der Waals surface area contributed by atoms with Crippen molar-refractivity contribution in [1.29, 1.82) is 0 Å². The molecule has 0 amide bonds. The van der Waals surface area contributed by atoms with Gasteiger partial charge in [-0.2, -0.15) is 0 Å². The van der Waals surface area contributed by atoms with Crippen molar-refractivity contribution in [3.8, 4) is 0 Å². The second-order valence-electron chi connectivity index (χ2n) is 4.83. The molecule has 0 aliphatic heterocycles. The maximum atomic E-state index is 12.1. The third kappa shape index (κ3) is 4.64. The molecule has 0 bridgehead atoms. The number of hydrogen-bond donors (Lipinski definition) is 2. The average Bonchev–Trinajstić information content (AvgIpc) is 2.88. The Hall–Kier alpha value is -1.21. The first-order chi connectivity index (χ1) is 10.0. The topological polar surface area (TPSA) is 66.4 Å². The van der Waals surface area contributed by atoms with Crippen LogP contribution in [0.1, 0.15) is 16.0 Å². The predicted molar refractivity (Wildman–Crippen MR) is 85.2 cm³/mol. The van der Waals surface area contributed by atoms with Gasteiger partial charge in [0.05, 0.1) is 0 Å². The fourth-order valence-corrected chi connectivity index (χ4v) is 4.44. The highest BCUT2D eigenvalue weighted by Crippen LogP contribution is 2.21. The van der Waals surface area contributed by atoms with Crippen molar-refractivity contribution in [2.24, 2.45) is 0 Å². The van der Waals surface area contributed by atoms with Crippen LogP contribution in [0.2, 0.25) is 0 Å². The number of aliphatic hydroxyl groups is 1. The van der Waals surface area contributed by atoms with Gasteiger partial charge in [-0.3, -0.25) is 0 Å². The molecule has 0 atom stereocenters. The standard InChI is InChI=1S/C15H19NO3S2/c1-12-3-2-4-13(11-12)7-9-16-21(18,19)15-6-5-14(20-15)8-10-17/h2-6,11,16-17H,7-10H2,1H3. The number of thiophene rings is 1. The van der Waals surface area contributed by atoms with E-state index in [0.29, 0.717) is 23.6 Å². The minimum Gasteiger partial charge on any atom is -0.396 e. The Labute approximate surface area is 129 Å². The van der Waals surface area contributed by atoms with Crippen LogP contribution in [0.3, 0.4) is 0 Å². The summed E-state index contributed by atoms with van der Waals surface area (Å²) >= 11 is 1.20. The monoisotopic (exact) mass is 325 g/mol. The first kappa shape index (κ1) is 16.2. The third-order valence-electron chi connectivity index (χ3n) is 3.05. The minimum absolute atomic E-state index is 0.0286. The molecule has 4 nitrogen and oxygen atoms in total. The van der Waals surface area contributed by atoms with Gasteiger partial charge in [-0.15, -0.1) is 11.3 Å². The highest BCUT2D eigenvalue weighted by molar-refractivity contribution is 7.91. The molecule has 2 aromatic rings. The summed E-state index contributed by atoms with van der Waals surface area (Å²) in [4.78, 5) is 0.872. The normalized spacial score (nSPS) is 11.7. The lowest BCUT2D eigenvalue weighted by atomic mass is 10.1. The molecule has 0 fully saturated rings. The Bertz CT molecular complexity index is 692. The van der Waals surface area contributed by atoms with E-state index in [1.165, 1.54) is 16.9 Å². The molecule has 1 aromatic heterocycles. The lowest BCUT2D eigenvalue weighted by molar-refractivity contribution is 0.300. The first-order valence-electron chi connectivity index (χ1n) is 6.76. The predicted octanol–water partition coefficient (Wildman–Crippen LogP) is 2.11. The van der Waals surface area contributed by atoms with Crippen LogP contribution < -0.4 is 4.72 Å². The molecule has 0 unspecified atom stereocenters. The van der Waals surface area contributed by atoms with E-state index < -0.39 is 10.0 Å². The van der Waals surface area contributed by atoms with Crippen LogP contribution >= 0.6 is 11.3 Å². The quantitative estimate of drug-likeness (QED) is 0.819. The Morgan fingerprint density at radius 2 is 2.00 bits per heavy atom. The van der Waals surface area contributed by atoms with Crippen LogP contribution in [0.4, 0.5) is 0 Å². The van der Waals surface area contributed by atoms with Gasteiger partial charge in [0.1, 0.15) is 4.21 Å². The summed E-state index contributed by atoms with van der Waals surface area (Å²) in [5.41, 5.74) is 2.28. The molecule has 2 rings (SSSR count). The fourth-order valence-electron chi connectivity index (χ4n) is 2.02. The zero-order valence-corrected chi connectivity index (χ0v) is 13.5. The number of rotatable bonds is 7. The van der Waals surface area contributed by atoms with Gasteiger partial charge in [-0.1, -0.05) is 29.8 Å². The third-order valence-corrected chi connectivity index (χ3v) is 6.15. The number of sulfonamides is 1. The van der Waals surface area contributed by atoms with Gasteiger partial charge in [0.25, 0.3) is 0 Å². The van der Waals surface area contributed by atoms with Crippen LogP contribution in [0.5, 0.6) is 0 Å². The van der Waals surface area contributed by atoms with Gasteiger partial charge in [-0.25, -0.2) is 13.1 Å². The molecule has 0 aliphatic rings. The molecule has 0 aliphatic carbocycles. The molecule has 114 valence electrons. The second-order valence-corrected chi connectivity index (χ2v) is 7.99. The summed E-state index contributed by atoms with van der Waals surface area (Å²) in [6.07, 6.45) is 1.15. The van der Waals surface area contributed by atoms with Crippen molar-refractivity contribution < 1.29 is 13.5 Å². The molecular formula is C15H19NO3S2. The largest absolute Gasteiger partial charge is 0.396 e. The summed E-state index contributed by atoms with van der Waals surface area (Å²) in [6, 6.07) is 11.4. The second kappa shape index (κ2) is 7.17. The van der Waals surface area contributed by atoms with E-state index in [9.17, 15) is 8.42 Å². The summed E-state index contributed by atoms with van der Waals surface area (Å²) in [7, 11) is -3.45. The van der Waals surface area contributed by atoms with Crippen molar-refractivity contribution in [2.75, 3.05) is 13.2 Å². The number of benzene rings is 1. The van der Waals surface area contributed by atoms with E-state index in [1.54, 1.807) is 12.1 Å². The molecule has 6 heteroatoms. The Balaban J connectivity index is 1.94. The number of hydrogen-bond acceptors (Lipinski definition) is 4. The lowest BCUT2D eigenvalue weighted by Gasteiger charge is -2.05. The highest BCUT2D eigenvalue weighted by Gasteiger charge is 2.16. The number of aryl methyl sites for hydroxylation is 1. The van der Waals surface area contributed by atoms with Gasteiger partial charge in [0.2, 0.25) is 10.0 Å². The van der Waals surface area contributed by atoms with Crippen molar-refractivity contribution in [1.82, 2.24) is 4.72 Å². The molecule has 1 heterocycles. The van der Waals surface area contributed by atoms with Crippen LogP contribution in [0, 0.1) is 6.92 Å². The number of aliphatic hydroxyl groups excluding tert-OH is 1. The zero-order chi connectivity index (χ0) is 15.3. The molecule has 21 heavy (non-hydrogen) atoms. The van der Waals surface area contributed by atoms with Crippen molar-refractivity contribution in [2.45, 2.75) is 24.0 Å². The maximum absolute atomic E-state index is 12.1. The molecule has 1 aromatic carbocycles. The van der Waals surface area contributed by atoms with E-state index in [0.717, 1.165) is 10.4 Å². The summed E-state index contributed by atoms with van der Waals surface area (Å²) in [5.74, 6) is 0. The zero-order valence-electron chi connectivity index (χ0n) is 11.9. The van der Waals surface area contributed by atoms with Crippen molar-refractivity contribution in [3.63, 3.8) is 0 Å². The Morgan fingerprint density at radius 3 is 2.71 bits per heavy atom. The van der Waals surface area contributed by atoms with Crippen LogP contribution in [0.15, 0.2) is 40.6 Å². The summed E-state index contributed by atoms with van der Waals surface area (Å²) in [6.45, 7) is 2.42. The highest BCUT2D eigenvalue weighted by atomic mass is 32.2. The number of nitrogens with one attached hydrogen (secondary N) is 1. The first-order valence-corrected chi connectivity index (χ1v) is 9.06. The van der Waals surface area contributed by atoms with E-state index in [-0.39, 0.29) is 6.61 Å².